The Hall–Kier alpha value is -3.91. The first kappa shape index (κ1) is 20.0. The molecule has 1 unspecified atom stereocenters. The number of oxazole rings is 1. The minimum absolute atomic E-state index is 0.0168. The van der Waals surface area contributed by atoms with E-state index in [1.165, 1.54) is 30.3 Å². The van der Waals surface area contributed by atoms with E-state index in [1.54, 1.807) is 31.2 Å². The molecule has 0 bridgehead atoms. The van der Waals surface area contributed by atoms with E-state index >= 15 is 0 Å². The molecule has 2 aromatic heterocycles. The van der Waals surface area contributed by atoms with Gasteiger partial charge in [-0.15, -0.1) is 0 Å². The molecular formula is C23H14ClFN2O5. The number of ketones is 1. The molecular weight excluding hydrogens is 439 g/mol. The topological polar surface area (TPSA) is 96.8 Å². The van der Waals surface area contributed by atoms with Gasteiger partial charge in [0.1, 0.15) is 23.1 Å². The van der Waals surface area contributed by atoms with Gasteiger partial charge in [0.15, 0.2) is 17.1 Å². The monoisotopic (exact) mass is 452 g/mol. The lowest BCUT2D eigenvalue weighted by Crippen LogP contribution is -2.31. The van der Waals surface area contributed by atoms with E-state index in [0.29, 0.717) is 21.9 Å². The van der Waals surface area contributed by atoms with Crippen LogP contribution >= 0.6 is 11.6 Å². The fourth-order valence-electron chi connectivity index (χ4n) is 3.71. The summed E-state index contributed by atoms with van der Waals surface area (Å²) in [5.74, 6) is -2.85. The number of hydrogen-bond donors (Lipinski definition) is 1. The van der Waals surface area contributed by atoms with Crippen molar-refractivity contribution in [2.24, 2.45) is 0 Å². The van der Waals surface area contributed by atoms with Crippen LogP contribution in [0.4, 0.5) is 10.4 Å². The van der Waals surface area contributed by atoms with Gasteiger partial charge in [0.25, 0.3) is 5.91 Å². The average Bonchev–Trinajstić information content (AvgIpc) is 3.44. The summed E-state index contributed by atoms with van der Waals surface area (Å²) in [5.41, 5.74) is 0.325. The van der Waals surface area contributed by atoms with Crippen LogP contribution in [0.3, 0.4) is 0 Å². The Morgan fingerprint density at radius 1 is 1.16 bits per heavy atom. The van der Waals surface area contributed by atoms with Crippen molar-refractivity contribution in [3.05, 3.63) is 93.9 Å². The minimum Gasteiger partial charge on any atom is -0.503 e. The maximum absolute atomic E-state index is 14.8. The van der Waals surface area contributed by atoms with Crippen LogP contribution in [-0.4, -0.2) is 21.8 Å². The largest absolute Gasteiger partial charge is 0.503 e. The van der Waals surface area contributed by atoms with Gasteiger partial charge in [0, 0.05) is 10.6 Å². The second-order valence-electron chi connectivity index (χ2n) is 7.21. The van der Waals surface area contributed by atoms with E-state index in [9.17, 15) is 19.1 Å². The number of amides is 1. The number of halogens is 2. The maximum atomic E-state index is 14.8. The van der Waals surface area contributed by atoms with Crippen molar-refractivity contribution < 1.29 is 27.9 Å². The fourth-order valence-corrected chi connectivity index (χ4v) is 3.87. The Morgan fingerprint density at radius 2 is 1.94 bits per heavy atom. The lowest BCUT2D eigenvalue weighted by molar-refractivity contribution is -0.117. The van der Waals surface area contributed by atoms with Crippen LogP contribution in [0.25, 0.3) is 11.1 Å². The summed E-state index contributed by atoms with van der Waals surface area (Å²) in [6.07, 6.45) is 0. The summed E-state index contributed by atoms with van der Waals surface area (Å²) in [5, 5.41) is 11.1. The summed E-state index contributed by atoms with van der Waals surface area (Å²) in [4.78, 5) is 31.5. The Morgan fingerprint density at radius 3 is 2.66 bits per heavy atom. The third-order valence-electron chi connectivity index (χ3n) is 5.16. The van der Waals surface area contributed by atoms with E-state index in [-0.39, 0.29) is 22.9 Å². The van der Waals surface area contributed by atoms with E-state index in [0.717, 1.165) is 4.90 Å². The highest BCUT2D eigenvalue weighted by molar-refractivity contribution is 6.31. The van der Waals surface area contributed by atoms with Crippen molar-refractivity contribution in [3.8, 4) is 0 Å². The number of benzene rings is 2. The van der Waals surface area contributed by atoms with E-state index < -0.39 is 29.3 Å². The Kier molecular flexibility index (Phi) is 4.60. The van der Waals surface area contributed by atoms with Gasteiger partial charge in [0.2, 0.25) is 5.78 Å². The van der Waals surface area contributed by atoms with Gasteiger partial charge in [-0.3, -0.25) is 9.59 Å². The first-order chi connectivity index (χ1) is 15.3. The van der Waals surface area contributed by atoms with Crippen molar-refractivity contribution in [2.45, 2.75) is 13.0 Å². The number of aryl methyl sites for hydroxylation is 1. The van der Waals surface area contributed by atoms with Crippen molar-refractivity contribution in [1.82, 2.24) is 4.98 Å². The predicted molar refractivity (Wildman–Crippen MR) is 113 cm³/mol. The lowest BCUT2D eigenvalue weighted by atomic mass is 9.95. The highest BCUT2D eigenvalue weighted by atomic mass is 35.5. The van der Waals surface area contributed by atoms with Crippen molar-refractivity contribution in [1.29, 1.82) is 0 Å². The number of aromatic nitrogens is 1. The lowest BCUT2D eigenvalue weighted by Gasteiger charge is -2.23. The van der Waals surface area contributed by atoms with Gasteiger partial charge >= 0.3 is 6.01 Å². The Bertz CT molecular complexity index is 1440. The van der Waals surface area contributed by atoms with Gasteiger partial charge in [-0.1, -0.05) is 29.8 Å². The number of carbonyl (C=O) groups is 2. The van der Waals surface area contributed by atoms with Crippen LogP contribution in [0, 0.1) is 12.7 Å². The smallest absolute Gasteiger partial charge is 0.306 e. The number of rotatable bonds is 4. The van der Waals surface area contributed by atoms with Crippen LogP contribution in [0.1, 0.15) is 27.9 Å². The normalized spacial score (nSPS) is 16.4. The van der Waals surface area contributed by atoms with Gasteiger partial charge in [-0.2, -0.15) is 4.98 Å². The summed E-state index contributed by atoms with van der Waals surface area (Å²) in [6, 6.07) is 11.8. The van der Waals surface area contributed by atoms with Crippen molar-refractivity contribution in [3.63, 3.8) is 0 Å². The number of aliphatic hydroxyl groups excluding tert-OH is 1. The quantitative estimate of drug-likeness (QED) is 0.422. The van der Waals surface area contributed by atoms with Crippen molar-refractivity contribution in [2.75, 3.05) is 4.90 Å². The SMILES string of the molecule is Cc1ccc(C(=O)C2=C(O)C(=O)N(c3nc4cc(Cl)ccc4o3)C2c2ccccc2F)o1. The zero-order chi connectivity index (χ0) is 22.6. The second kappa shape index (κ2) is 7.35. The number of hydrogen-bond acceptors (Lipinski definition) is 6. The van der Waals surface area contributed by atoms with E-state index in [4.69, 9.17) is 20.4 Å². The molecule has 0 radical (unpaired) electrons. The summed E-state index contributed by atoms with van der Waals surface area (Å²) >= 11 is 6.00. The standard InChI is InChI=1S/C23H14ClFN2O5/c1-11-6-8-17(31-11)20(28)18-19(13-4-2-3-5-14(13)25)27(22(30)21(18)29)23-26-15-10-12(24)7-9-16(15)32-23/h2-10,19,29H,1H3. The third kappa shape index (κ3) is 3.07. The summed E-state index contributed by atoms with van der Waals surface area (Å²) in [6.45, 7) is 1.65. The van der Waals surface area contributed by atoms with Crippen LogP contribution in [0.5, 0.6) is 0 Å². The second-order valence-corrected chi connectivity index (χ2v) is 7.65. The number of anilines is 1. The van der Waals surface area contributed by atoms with Crippen LogP contribution in [-0.2, 0) is 4.79 Å². The number of nitrogens with zero attached hydrogens (tertiary/aromatic N) is 2. The predicted octanol–water partition coefficient (Wildman–Crippen LogP) is 5.30. The Balaban J connectivity index is 1.70. The molecule has 0 saturated carbocycles. The van der Waals surface area contributed by atoms with Gasteiger partial charge in [-0.05, 0) is 43.3 Å². The molecule has 7 nitrogen and oxygen atoms in total. The molecule has 1 amide bonds. The zero-order valence-electron chi connectivity index (χ0n) is 16.5. The highest BCUT2D eigenvalue weighted by Gasteiger charge is 2.48. The summed E-state index contributed by atoms with van der Waals surface area (Å²) in [7, 11) is 0. The van der Waals surface area contributed by atoms with Gasteiger partial charge in [-0.25, -0.2) is 9.29 Å². The third-order valence-corrected chi connectivity index (χ3v) is 5.40. The number of fused-ring (bicyclic) bond motifs is 1. The first-order valence-corrected chi connectivity index (χ1v) is 9.91. The number of Topliss-reactive ketones (excluding diaryl/α,β-unsaturated/α-hetero) is 1. The molecule has 1 aliphatic rings. The molecule has 0 fully saturated rings. The zero-order valence-corrected chi connectivity index (χ0v) is 17.3. The highest BCUT2D eigenvalue weighted by Crippen LogP contribution is 2.43. The molecule has 9 heteroatoms. The number of furan rings is 1. The van der Waals surface area contributed by atoms with Crippen LogP contribution in [0.2, 0.25) is 5.02 Å². The molecule has 1 atom stereocenters. The molecule has 1 aliphatic heterocycles. The van der Waals surface area contributed by atoms with E-state index in [1.807, 2.05) is 0 Å². The summed E-state index contributed by atoms with van der Waals surface area (Å²) < 4.78 is 25.9. The van der Waals surface area contributed by atoms with Crippen molar-refractivity contribution >= 4 is 40.4 Å². The van der Waals surface area contributed by atoms with Gasteiger partial charge in [0.05, 0.1) is 5.57 Å². The van der Waals surface area contributed by atoms with Crippen LogP contribution in [0.15, 0.2) is 74.8 Å². The molecule has 32 heavy (non-hydrogen) atoms. The maximum Gasteiger partial charge on any atom is 0.306 e. The van der Waals surface area contributed by atoms with E-state index in [2.05, 4.69) is 4.98 Å². The molecule has 0 aliphatic carbocycles. The number of aliphatic hydroxyl groups is 1. The molecule has 2 aromatic carbocycles. The van der Waals surface area contributed by atoms with Gasteiger partial charge < -0.3 is 13.9 Å². The minimum atomic E-state index is -1.33. The average molecular weight is 453 g/mol. The first-order valence-electron chi connectivity index (χ1n) is 9.53. The number of carbonyl (C=O) groups excluding carboxylic acids is 2. The van der Waals surface area contributed by atoms with Crippen LogP contribution < -0.4 is 4.90 Å². The molecule has 1 N–H and O–H groups in total. The fraction of sp³-hybridized carbons (Fsp3) is 0.0870. The molecule has 0 saturated heterocycles. The molecule has 0 spiro atoms. The Labute approximate surface area is 185 Å². The molecule has 5 rings (SSSR count). The molecule has 4 aromatic rings. The molecule has 3 heterocycles. The molecule has 160 valence electrons.